The zero-order chi connectivity index (χ0) is 12.1. The average molecular weight is 253 g/mol. The van der Waals surface area contributed by atoms with Gasteiger partial charge in [0.1, 0.15) is 0 Å². The number of nitrogens with one attached hydrogen (secondary N) is 1. The molecule has 0 bridgehead atoms. The van der Waals surface area contributed by atoms with Crippen molar-refractivity contribution in [3.05, 3.63) is 16.6 Å². The van der Waals surface area contributed by atoms with Crippen LogP contribution in [0.3, 0.4) is 0 Å². The van der Waals surface area contributed by atoms with Crippen molar-refractivity contribution in [1.82, 2.24) is 15.2 Å². The fourth-order valence-corrected chi connectivity index (χ4v) is 2.71. The Morgan fingerprint density at radius 2 is 2.35 bits per heavy atom. The molecule has 1 saturated heterocycles. The maximum atomic E-state index is 11.8. The van der Waals surface area contributed by atoms with Crippen LogP contribution in [0.1, 0.15) is 37.9 Å². The van der Waals surface area contributed by atoms with Crippen LogP contribution in [0, 0.1) is 0 Å². The van der Waals surface area contributed by atoms with Gasteiger partial charge in [0.15, 0.2) is 0 Å². The molecule has 1 amide bonds. The Kier molecular flexibility index (Phi) is 4.50. The first-order valence-corrected chi connectivity index (χ1v) is 7.11. The van der Waals surface area contributed by atoms with Crippen LogP contribution in [0.5, 0.6) is 0 Å². The molecule has 1 N–H and O–H groups in total. The largest absolute Gasteiger partial charge is 0.343 e. The number of nitrogens with zero attached hydrogens (tertiary/aromatic N) is 2. The van der Waals surface area contributed by atoms with E-state index in [-0.39, 0.29) is 11.9 Å². The SMILES string of the molecule is CC(NCCC(=O)N1CCCC1)c1cscn1. The summed E-state index contributed by atoms with van der Waals surface area (Å²) in [5.74, 6) is 0.278. The van der Waals surface area contributed by atoms with Crippen LogP contribution in [0.4, 0.5) is 0 Å². The van der Waals surface area contributed by atoms with Crippen LogP contribution >= 0.6 is 11.3 Å². The van der Waals surface area contributed by atoms with Crippen molar-refractivity contribution < 1.29 is 4.79 Å². The fraction of sp³-hybridized carbons (Fsp3) is 0.667. The molecule has 17 heavy (non-hydrogen) atoms. The maximum Gasteiger partial charge on any atom is 0.223 e. The molecule has 1 atom stereocenters. The molecular formula is C12H19N3OS. The topological polar surface area (TPSA) is 45.2 Å². The van der Waals surface area contributed by atoms with Gasteiger partial charge in [-0.15, -0.1) is 11.3 Å². The highest BCUT2D eigenvalue weighted by Crippen LogP contribution is 2.12. The van der Waals surface area contributed by atoms with Gasteiger partial charge in [0, 0.05) is 37.5 Å². The predicted octanol–water partition coefficient (Wildman–Crippen LogP) is 1.81. The third kappa shape index (κ3) is 3.51. The lowest BCUT2D eigenvalue weighted by Gasteiger charge is -2.16. The van der Waals surface area contributed by atoms with Crippen LogP contribution in [-0.2, 0) is 4.79 Å². The van der Waals surface area contributed by atoms with Crippen LogP contribution < -0.4 is 5.32 Å². The minimum Gasteiger partial charge on any atom is -0.343 e. The van der Waals surface area contributed by atoms with E-state index in [9.17, 15) is 4.79 Å². The van der Waals surface area contributed by atoms with Gasteiger partial charge in [0.25, 0.3) is 0 Å². The molecule has 2 rings (SSSR count). The number of hydrogen-bond acceptors (Lipinski definition) is 4. The molecule has 1 aromatic heterocycles. The maximum absolute atomic E-state index is 11.8. The van der Waals surface area contributed by atoms with Gasteiger partial charge in [0.2, 0.25) is 5.91 Å². The molecule has 1 aliphatic heterocycles. The molecule has 94 valence electrons. The summed E-state index contributed by atoms with van der Waals surface area (Å²) >= 11 is 1.60. The van der Waals surface area contributed by atoms with Crippen LogP contribution in [0.25, 0.3) is 0 Å². The van der Waals surface area contributed by atoms with E-state index in [1.54, 1.807) is 11.3 Å². The van der Waals surface area contributed by atoms with Gasteiger partial charge in [-0.2, -0.15) is 0 Å². The molecule has 0 spiro atoms. The Bertz CT molecular complexity index is 347. The van der Waals surface area contributed by atoms with Gasteiger partial charge in [-0.05, 0) is 19.8 Å². The third-order valence-electron chi connectivity index (χ3n) is 3.14. The molecule has 0 saturated carbocycles. The minimum absolute atomic E-state index is 0.229. The molecule has 5 heteroatoms. The molecule has 1 aliphatic rings. The highest BCUT2D eigenvalue weighted by atomic mass is 32.1. The van der Waals surface area contributed by atoms with E-state index in [1.165, 1.54) is 0 Å². The van der Waals surface area contributed by atoms with E-state index in [0.29, 0.717) is 6.42 Å². The quantitative estimate of drug-likeness (QED) is 0.870. The highest BCUT2D eigenvalue weighted by molar-refractivity contribution is 7.07. The van der Waals surface area contributed by atoms with Gasteiger partial charge >= 0.3 is 0 Å². The van der Waals surface area contributed by atoms with Gasteiger partial charge < -0.3 is 10.2 Å². The summed E-state index contributed by atoms with van der Waals surface area (Å²) in [7, 11) is 0. The molecule has 1 fully saturated rings. The summed E-state index contributed by atoms with van der Waals surface area (Å²) in [5, 5.41) is 5.38. The van der Waals surface area contributed by atoms with E-state index in [4.69, 9.17) is 0 Å². The van der Waals surface area contributed by atoms with E-state index < -0.39 is 0 Å². The normalized spacial score (nSPS) is 17.4. The molecular weight excluding hydrogens is 234 g/mol. The lowest BCUT2D eigenvalue weighted by molar-refractivity contribution is -0.130. The number of thiazole rings is 1. The smallest absolute Gasteiger partial charge is 0.223 e. The number of carbonyl (C=O) groups excluding carboxylic acids is 1. The predicted molar refractivity (Wildman–Crippen MR) is 69.0 cm³/mol. The monoisotopic (exact) mass is 253 g/mol. The van der Waals surface area contributed by atoms with Crippen molar-refractivity contribution in [3.8, 4) is 0 Å². The lowest BCUT2D eigenvalue weighted by atomic mass is 10.2. The second-order valence-electron chi connectivity index (χ2n) is 4.43. The fourth-order valence-electron chi connectivity index (χ4n) is 2.06. The molecule has 1 aromatic rings. The van der Waals surface area contributed by atoms with Gasteiger partial charge in [-0.1, -0.05) is 0 Å². The van der Waals surface area contributed by atoms with Crippen molar-refractivity contribution in [2.75, 3.05) is 19.6 Å². The zero-order valence-electron chi connectivity index (χ0n) is 10.2. The Morgan fingerprint density at radius 3 is 3.00 bits per heavy atom. The minimum atomic E-state index is 0.229. The van der Waals surface area contributed by atoms with Gasteiger partial charge in [-0.25, -0.2) is 4.98 Å². The summed E-state index contributed by atoms with van der Waals surface area (Å²) in [4.78, 5) is 18.0. The average Bonchev–Trinajstić information content (AvgIpc) is 3.02. The van der Waals surface area contributed by atoms with Crippen molar-refractivity contribution in [3.63, 3.8) is 0 Å². The summed E-state index contributed by atoms with van der Waals surface area (Å²) in [5.41, 5.74) is 2.90. The number of rotatable bonds is 5. The first kappa shape index (κ1) is 12.5. The second kappa shape index (κ2) is 6.12. The number of amides is 1. The lowest BCUT2D eigenvalue weighted by Crippen LogP contribution is -2.31. The molecule has 4 nitrogen and oxygen atoms in total. The third-order valence-corrected chi connectivity index (χ3v) is 3.75. The number of hydrogen-bond donors (Lipinski definition) is 1. The number of carbonyl (C=O) groups is 1. The Morgan fingerprint density at radius 1 is 1.59 bits per heavy atom. The summed E-state index contributed by atoms with van der Waals surface area (Å²) in [6.07, 6.45) is 2.91. The van der Waals surface area contributed by atoms with Gasteiger partial charge in [0.05, 0.1) is 11.2 Å². The Labute approximate surface area is 106 Å². The van der Waals surface area contributed by atoms with E-state index in [1.807, 2.05) is 15.8 Å². The van der Waals surface area contributed by atoms with Crippen LogP contribution in [0.2, 0.25) is 0 Å². The van der Waals surface area contributed by atoms with Crippen molar-refractivity contribution in [2.24, 2.45) is 0 Å². The zero-order valence-corrected chi connectivity index (χ0v) is 11.0. The molecule has 0 aliphatic carbocycles. The second-order valence-corrected chi connectivity index (χ2v) is 5.15. The highest BCUT2D eigenvalue weighted by Gasteiger charge is 2.17. The van der Waals surface area contributed by atoms with Gasteiger partial charge in [-0.3, -0.25) is 4.79 Å². The summed E-state index contributed by atoms with van der Waals surface area (Å²) in [6, 6.07) is 0.229. The van der Waals surface area contributed by atoms with Crippen molar-refractivity contribution in [1.29, 1.82) is 0 Å². The van der Waals surface area contributed by atoms with E-state index in [2.05, 4.69) is 17.2 Å². The number of likely N-dealkylation sites (tertiary alicyclic amines) is 1. The van der Waals surface area contributed by atoms with Crippen LogP contribution in [0.15, 0.2) is 10.9 Å². The molecule has 2 heterocycles. The first-order chi connectivity index (χ1) is 8.27. The van der Waals surface area contributed by atoms with Crippen molar-refractivity contribution >= 4 is 17.2 Å². The summed E-state index contributed by atoms with van der Waals surface area (Å²) < 4.78 is 0. The number of aromatic nitrogens is 1. The molecule has 1 unspecified atom stereocenters. The van der Waals surface area contributed by atoms with E-state index in [0.717, 1.165) is 38.2 Å². The van der Waals surface area contributed by atoms with E-state index >= 15 is 0 Å². The molecule has 0 radical (unpaired) electrons. The standard InChI is InChI=1S/C12H19N3OS/c1-10(11-8-17-9-14-11)13-5-4-12(16)15-6-2-3-7-15/h8-10,13H,2-7H2,1H3. The van der Waals surface area contributed by atoms with Crippen LogP contribution in [-0.4, -0.2) is 35.4 Å². The first-order valence-electron chi connectivity index (χ1n) is 6.16. The Hall–Kier alpha value is -0.940. The Balaban J connectivity index is 1.67. The van der Waals surface area contributed by atoms with Crippen molar-refractivity contribution in [2.45, 2.75) is 32.2 Å². The molecule has 0 aromatic carbocycles. The summed E-state index contributed by atoms with van der Waals surface area (Å²) in [6.45, 7) is 4.70.